The van der Waals surface area contributed by atoms with Crippen LogP contribution >= 0.6 is 55.1 Å². The van der Waals surface area contributed by atoms with E-state index in [4.69, 9.17) is 27.9 Å². The van der Waals surface area contributed by atoms with E-state index in [0.29, 0.717) is 17.0 Å². The SMILES string of the molecule is CC1=C(Cl)CC(/C(C)=C\Cl)OC1(O)C(Br)Br. The number of rotatable bonds is 2. The van der Waals surface area contributed by atoms with E-state index in [1.807, 2.05) is 6.92 Å². The molecule has 0 fully saturated rings. The normalized spacial score (nSPS) is 32.5. The lowest BCUT2D eigenvalue weighted by Crippen LogP contribution is -2.46. The molecule has 1 aliphatic rings. The largest absolute Gasteiger partial charge is 0.360 e. The zero-order chi connectivity index (χ0) is 12.5. The number of hydrogen-bond donors (Lipinski definition) is 1. The number of halogens is 4. The second kappa shape index (κ2) is 5.72. The molecule has 0 aromatic heterocycles. The summed E-state index contributed by atoms with van der Waals surface area (Å²) in [5.74, 6) is -1.46. The van der Waals surface area contributed by atoms with Crippen LogP contribution in [0.1, 0.15) is 20.3 Å². The van der Waals surface area contributed by atoms with Gasteiger partial charge in [0.1, 0.15) is 3.74 Å². The second-order valence-electron chi connectivity index (χ2n) is 3.69. The third-order valence-corrected chi connectivity index (χ3v) is 4.63. The highest BCUT2D eigenvalue weighted by atomic mass is 79.9. The van der Waals surface area contributed by atoms with Gasteiger partial charge in [0, 0.05) is 22.6 Å². The number of ether oxygens (including phenoxy) is 1. The lowest BCUT2D eigenvalue weighted by molar-refractivity contribution is -0.189. The van der Waals surface area contributed by atoms with Gasteiger partial charge >= 0.3 is 0 Å². The molecular formula is C10H12Br2Cl2O2. The fraction of sp³-hybridized carbons (Fsp3) is 0.600. The maximum atomic E-state index is 10.4. The van der Waals surface area contributed by atoms with Gasteiger partial charge in [-0.1, -0.05) is 55.1 Å². The third-order valence-electron chi connectivity index (χ3n) is 2.61. The van der Waals surface area contributed by atoms with Crippen molar-refractivity contribution in [1.29, 1.82) is 0 Å². The van der Waals surface area contributed by atoms with Gasteiger partial charge in [0.15, 0.2) is 0 Å². The van der Waals surface area contributed by atoms with Crippen LogP contribution in [-0.2, 0) is 4.74 Å². The van der Waals surface area contributed by atoms with Gasteiger partial charge in [0.2, 0.25) is 5.79 Å². The summed E-state index contributed by atoms with van der Waals surface area (Å²) in [7, 11) is 0. The fourth-order valence-corrected chi connectivity index (χ4v) is 2.72. The molecule has 2 unspecified atom stereocenters. The average Bonchev–Trinajstić information content (AvgIpc) is 2.23. The Morgan fingerprint density at radius 3 is 2.69 bits per heavy atom. The van der Waals surface area contributed by atoms with Gasteiger partial charge in [0.05, 0.1) is 6.10 Å². The maximum absolute atomic E-state index is 10.4. The summed E-state index contributed by atoms with van der Waals surface area (Å²) in [6.45, 7) is 3.58. The van der Waals surface area contributed by atoms with Gasteiger partial charge in [0.25, 0.3) is 0 Å². The molecule has 0 aliphatic carbocycles. The van der Waals surface area contributed by atoms with Crippen LogP contribution < -0.4 is 0 Å². The van der Waals surface area contributed by atoms with Crippen LogP contribution in [0.25, 0.3) is 0 Å². The predicted molar refractivity (Wildman–Crippen MR) is 74.2 cm³/mol. The van der Waals surface area contributed by atoms with Crippen molar-refractivity contribution in [2.75, 3.05) is 0 Å². The van der Waals surface area contributed by atoms with Gasteiger partial charge in [-0.2, -0.15) is 0 Å². The first-order chi connectivity index (χ1) is 7.32. The molecule has 16 heavy (non-hydrogen) atoms. The Balaban J connectivity index is 3.09. The first-order valence-corrected chi connectivity index (χ1v) is 7.28. The molecular weight excluding hydrogens is 383 g/mol. The Morgan fingerprint density at radius 2 is 2.25 bits per heavy atom. The highest BCUT2D eigenvalue weighted by molar-refractivity contribution is 9.24. The van der Waals surface area contributed by atoms with Crippen LogP contribution in [0, 0.1) is 0 Å². The summed E-state index contributed by atoms with van der Waals surface area (Å²) < 4.78 is 5.20. The predicted octanol–water partition coefficient (Wildman–Crippen LogP) is 4.24. The minimum Gasteiger partial charge on any atom is -0.360 e. The third kappa shape index (κ3) is 2.85. The van der Waals surface area contributed by atoms with Crippen LogP contribution in [-0.4, -0.2) is 20.7 Å². The Morgan fingerprint density at radius 1 is 1.69 bits per heavy atom. The minimum absolute atomic E-state index is 0.309. The zero-order valence-corrected chi connectivity index (χ0v) is 13.5. The monoisotopic (exact) mass is 392 g/mol. The Hall–Kier alpha value is 0.940. The van der Waals surface area contributed by atoms with Crippen molar-refractivity contribution in [1.82, 2.24) is 0 Å². The molecule has 2 atom stereocenters. The molecule has 1 rings (SSSR count). The van der Waals surface area contributed by atoms with E-state index >= 15 is 0 Å². The average molecular weight is 395 g/mol. The molecule has 0 bridgehead atoms. The minimum atomic E-state index is -1.46. The van der Waals surface area contributed by atoms with E-state index in [0.717, 1.165) is 5.57 Å². The van der Waals surface area contributed by atoms with E-state index in [9.17, 15) is 5.11 Å². The van der Waals surface area contributed by atoms with Crippen molar-refractivity contribution in [3.63, 3.8) is 0 Å². The Bertz CT molecular complexity index is 342. The molecule has 6 heteroatoms. The molecule has 0 aromatic carbocycles. The van der Waals surface area contributed by atoms with Crippen molar-refractivity contribution >= 4 is 55.1 Å². The van der Waals surface area contributed by atoms with E-state index in [1.54, 1.807) is 6.92 Å². The molecule has 0 saturated carbocycles. The van der Waals surface area contributed by atoms with E-state index < -0.39 is 9.52 Å². The van der Waals surface area contributed by atoms with Crippen LogP contribution in [0.3, 0.4) is 0 Å². The standard InChI is InChI=1S/C10H12Br2Cl2O2/c1-5(4-13)8-3-7(14)6(2)10(15,16-8)9(11)12/h4,8-9,15H,3H2,1-2H3/b5-4-. The lowest BCUT2D eigenvalue weighted by atomic mass is 9.99. The van der Waals surface area contributed by atoms with Crippen molar-refractivity contribution in [2.24, 2.45) is 0 Å². The van der Waals surface area contributed by atoms with Gasteiger partial charge in [-0.3, -0.25) is 0 Å². The molecule has 0 saturated heterocycles. The van der Waals surface area contributed by atoms with Gasteiger partial charge in [-0.15, -0.1) is 0 Å². The quantitative estimate of drug-likeness (QED) is 0.710. The summed E-state index contributed by atoms with van der Waals surface area (Å²) in [5.41, 5.74) is 2.87. The molecule has 92 valence electrons. The second-order valence-corrected chi connectivity index (χ2v) is 7.43. The van der Waals surface area contributed by atoms with E-state index in [2.05, 4.69) is 31.9 Å². The highest BCUT2D eigenvalue weighted by Crippen LogP contribution is 2.42. The van der Waals surface area contributed by atoms with Gasteiger partial charge < -0.3 is 9.84 Å². The summed E-state index contributed by atoms with van der Waals surface area (Å²) >= 11 is 18.3. The Labute approximate surface area is 122 Å². The molecule has 1 aliphatic heterocycles. The lowest BCUT2D eigenvalue weighted by Gasteiger charge is -2.39. The number of alkyl halides is 2. The summed E-state index contributed by atoms with van der Waals surface area (Å²) in [6.07, 6.45) is 0.216. The molecule has 1 heterocycles. The Kier molecular flexibility index (Phi) is 5.36. The number of aliphatic hydroxyl groups is 1. The zero-order valence-electron chi connectivity index (χ0n) is 8.81. The van der Waals surface area contributed by atoms with Crippen LogP contribution in [0.15, 0.2) is 21.7 Å². The van der Waals surface area contributed by atoms with Crippen molar-refractivity contribution in [2.45, 2.75) is 35.9 Å². The van der Waals surface area contributed by atoms with Crippen molar-refractivity contribution < 1.29 is 9.84 Å². The molecule has 0 aromatic rings. The van der Waals surface area contributed by atoms with Crippen molar-refractivity contribution in [3.05, 3.63) is 21.7 Å². The topological polar surface area (TPSA) is 29.5 Å². The molecule has 0 radical (unpaired) electrons. The van der Waals surface area contributed by atoms with Crippen LogP contribution in [0.4, 0.5) is 0 Å². The van der Waals surface area contributed by atoms with E-state index in [1.165, 1.54) is 5.54 Å². The molecule has 0 amide bonds. The summed E-state index contributed by atoms with van der Waals surface area (Å²) in [5, 5.41) is 11.0. The first kappa shape index (κ1) is 15.0. The number of hydrogen-bond acceptors (Lipinski definition) is 2. The van der Waals surface area contributed by atoms with Crippen molar-refractivity contribution in [3.8, 4) is 0 Å². The smallest absolute Gasteiger partial charge is 0.213 e. The van der Waals surface area contributed by atoms with Gasteiger partial charge in [-0.25, -0.2) is 0 Å². The molecule has 2 nitrogen and oxygen atoms in total. The van der Waals surface area contributed by atoms with Gasteiger partial charge in [-0.05, 0) is 19.4 Å². The highest BCUT2D eigenvalue weighted by Gasteiger charge is 2.44. The maximum Gasteiger partial charge on any atom is 0.213 e. The summed E-state index contributed by atoms with van der Waals surface area (Å²) in [6, 6.07) is 0. The molecule has 1 N–H and O–H groups in total. The molecule has 0 spiro atoms. The first-order valence-electron chi connectivity index (χ1n) is 4.63. The van der Waals surface area contributed by atoms with E-state index in [-0.39, 0.29) is 6.10 Å². The fourth-order valence-electron chi connectivity index (χ4n) is 1.40. The van der Waals surface area contributed by atoms with Crippen LogP contribution in [0.5, 0.6) is 0 Å². The summed E-state index contributed by atoms with van der Waals surface area (Å²) in [4.78, 5) is 0. The van der Waals surface area contributed by atoms with Crippen LogP contribution in [0.2, 0.25) is 0 Å².